The van der Waals surface area contributed by atoms with E-state index < -0.39 is 17.7 Å². The summed E-state index contributed by atoms with van der Waals surface area (Å²) >= 11 is 0. The zero-order chi connectivity index (χ0) is 25.4. The van der Waals surface area contributed by atoms with Crippen LogP contribution in [0.3, 0.4) is 0 Å². The number of Topliss-reactive ketones (excluding diaryl/α,β-unsaturated/α-hetero) is 1. The van der Waals surface area contributed by atoms with Crippen LogP contribution in [0.2, 0.25) is 0 Å². The highest BCUT2D eigenvalue weighted by molar-refractivity contribution is 6.46. The molecule has 0 aromatic heterocycles. The average Bonchev–Trinajstić information content (AvgIpc) is 3.12. The van der Waals surface area contributed by atoms with Gasteiger partial charge in [-0.1, -0.05) is 38.1 Å². The number of carbonyl (C=O) groups excluding carboxylic acids is 2. The Bertz CT molecular complexity index is 1040. The molecule has 1 atom stereocenters. The molecule has 1 amide bonds. The van der Waals surface area contributed by atoms with E-state index in [1.807, 2.05) is 38.1 Å². The third-order valence-electron chi connectivity index (χ3n) is 6.23. The van der Waals surface area contributed by atoms with Crippen molar-refractivity contribution in [3.63, 3.8) is 0 Å². The fourth-order valence-corrected chi connectivity index (χ4v) is 4.43. The molecule has 1 aliphatic rings. The van der Waals surface area contributed by atoms with E-state index in [-0.39, 0.29) is 11.3 Å². The number of hydrogen-bond donors (Lipinski definition) is 1. The molecule has 188 valence electrons. The van der Waals surface area contributed by atoms with E-state index in [1.54, 1.807) is 29.2 Å². The standard InChI is InChI=1S/C28H36N2O5/c1-5-29(6-2)17-10-18-30-25(20-13-15-22(16-14-20)34-7-3)24(27(32)28(30)33)26(31)21-11-9-12-23(19-21)35-8-4/h9,11-16,19,25,31H,5-8,10,17-18H2,1-4H3. The molecule has 0 bridgehead atoms. The van der Waals surface area contributed by atoms with E-state index in [4.69, 9.17) is 9.47 Å². The van der Waals surface area contributed by atoms with Crippen molar-refractivity contribution in [2.45, 2.75) is 40.2 Å². The summed E-state index contributed by atoms with van der Waals surface area (Å²) in [6.45, 7) is 12.1. The van der Waals surface area contributed by atoms with Crippen LogP contribution >= 0.6 is 0 Å². The molecule has 1 saturated heterocycles. The van der Waals surface area contributed by atoms with Crippen LogP contribution in [0.5, 0.6) is 11.5 Å². The van der Waals surface area contributed by atoms with Crippen LogP contribution in [-0.2, 0) is 9.59 Å². The molecule has 1 aliphatic heterocycles. The highest BCUT2D eigenvalue weighted by Gasteiger charge is 2.45. The minimum atomic E-state index is -0.682. The Morgan fingerprint density at radius 3 is 2.23 bits per heavy atom. The molecule has 1 fully saturated rings. The van der Waals surface area contributed by atoms with Gasteiger partial charge in [0.2, 0.25) is 0 Å². The lowest BCUT2D eigenvalue weighted by molar-refractivity contribution is -0.140. The molecule has 0 aliphatic carbocycles. The highest BCUT2D eigenvalue weighted by Crippen LogP contribution is 2.40. The zero-order valence-electron chi connectivity index (χ0n) is 21.1. The van der Waals surface area contributed by atoms with Gasteiger partial charge in [0.1, 0.15) is 17.3 Å². The van der Waals surface area contributed by atoms with Crippen molar-refractivity contribution in [1.29, 1.82) is 0 Å². The molecule has 7 heteroatoms. The maximum absolute atomic E-state index is 13.2. The first kappa shape index (κ1) is 26.3. The smallest absolute Gasteiger partial charge is 0.295 e. The second kappa shape index (κ2) is 12.4. The van der Waals surface area contributed by atoms with Crippen molar-refractivity contribution in [1.82, 2.24) is 9.80 Å². The first-order chi connectivity index (χ1) is 16.9. The minimum absolute atomic E-state index is 0.0932. The summed E-state index contributed by atoms with van der Waals surface area (Å²) < 4.78 is 11.1. The molecule has 35 heavy (non-hydrogen) atoms. The molecule has 0 saturated carbocycles. The Balaban J connectivity index is 2.03. The number of carbonyl (C=O) groups is 2. The lowest BCUT2D eigenvalue weighted by Crippen LogP contribution is -2.33. The van der Waals surface area contributed by atoms with E-state index >= 15 is 0 Å². The summed E-state index contributed by atoms with van der Waals surface area (Å²) in [5.41, 5.74) is 1.28. The average molecular weight is 481 g/mol. The predicted octanol–water partition coefficient (Wildman–Crippen LogP) is 4.64. The maximum atomic E-state index is 13.2. The Kier molecular flexibility index (Phi) is 9.32. The van der Waals surface area contributed by atoms with Gasteiger partial charge in [0.15, 0.2) is 0 Å². The molecule has 1 unspecified atom stereocenters. The number of benzene rings is 2. The lowest BCUT2D eigenvalue weighted by atomic mass is 9.95. The number of aliphatic hydroxyl groups excluding tert-OH is 1. The Hall–Kier alpha value is -3.32. The summed E-state index contributed by atoms with van der Waals surface area (Å²) in [6, 6.07) is 13.6. The van der Waals surface area contributed by atoms with Gasteiger partial charge in [-0.3, -0.25) is 9.59 Å². The van der Waals surface area contributed by atoms with Gasteiger partial charge >= 0.3 is 0 Å². The van der Waals surface area contributed by atoms with Gasteiger partial charge in [-0.25, -0.2) is 0 Å². The van der Waals surface area contributed by atoms with Gasteiger partial charge in [-0.05, 0) is 69.7 Å². The third kappa shape index (κ3) is 6.03. The fourth-order valence-electron chi connectivity index (χ4n) is 4.43. The van der Waals surface area contributed by atoms with Crippen molar-refractivity contribution in [3.05, 3.63) is 65.2 Å². The molecule has 0 spiro atoms. The maximum Gasteiger partial charge on any atom is 0.295 e. The molecule has 3 rings (SSSR count). The van der Waals surface area contributed by atoms with Crippen molar-refractivity contribution < 1.29 is 24.2 Å². The van der Waals surface area contributed by atoms with E-state index in [0.29, 0.717) is 36.8 Å². The Morgan fingerprint density at radius 2 is 1.60 bits per heavy atom. The van der Waals surface area contributed by atoms with Gasteiger partial charge in [0, 0.05) is 12.1 Å². The minimum Gasteiger partial charge on any atom is -0.507 e. The first-order valence-corrected chi connectivity index (χ1v) is 12.4. The molecule has 2 aromatic rings. The van der Waals surface area contributed by atoms with Gasteiger partial charge < -0.3 is 24.4 Å². The Labute approximate surface area is 207 Å². The lowest BCUT2D eigenvalue weighted by Gasteiger charge is -2.27. The number of hydrogen-bond acceptors (Lipinski definition) is 6. The van der Waals surface area contributed by atoms with Crippen molar-refractivity contribution in [2.75, 3.05) is 39.4 Å². The van der Waals surface area contributed by atoms with Gasteiger partial charge in [-0.2, -0.15) is 0 Å². The number of aliphatic hydroxyl groups is 1. The highest BCUT2D eigenvalue weighted by atomic mass is 16.5. The van der Waals surface area contributed by atoms with Crippen LogP contribution in [0, 0.1) is 0 Å². The number of rotatable bonds is 12. The summed E-state index contributed by atoms with van der Waals surface area (Å²) in [4.78, 5) is 30.2. The van der Waals surface area contributed by atoms with Crippen LogP contribution in [-0.4, -0.2) is 66.0 Å². The van der Waals surface area contributed by atoms with Crippen LogP contribution < -0.4 is 9.47 Å². The second-order valence-corrected chi connectivity index (χ2v) is 8.34. The van der Waals surface area contributed by atoms with Crippen LogP contribution in [0.25, 0.3) is 5.76 Å². The molecule has 7 nitrogen and oxygen atoms in total. The van der Waals surface area contributed by atoms with Crippen LogP contribution in [0.4, 0.5) is 0 Å². The van der Waals surface area contributed by atoms with Crippen molar-refractivity contribution in [3.8, 4) is 11.5 Å². The summed E-state index contributed by atoms with van der Waals surface area (Å²) in [6.07, 6.45) is 0.724. The quantitative estimate of drug-likeness (QED) is 0.271. The molecular weight excluding hydrogens is 444 g/mol. The van der Waals surface area contributed by atoms with E-state index in [0.717, 1.165) is 31.6 Å². The molecule has 0 radical (unpaired) electrons. The van der Waals surface area contributed by atoms with Gasteiger partial charge in [0.05, 0.1) is 24.8 Å². The molecule has 1 heterocycles. The fraction of sp³-hybridized carbons (Fsp3) is 0.429. The SMILES string of the molecule is CCOc1ccc(C2C(=C(O)c3cccc(OCC)c3)C(=O)C(=O)N2CCCN(CC)CC)cc1. The largest absolute Gasteiger partial charge is 0.507 e. The number of likely N-dealkylation sites (tertiary alicyclic amines) is 1. The monoisotopic (exact) mass is 480 g/mol. The van der Waals surface area contributed by atoms with Crippen LogP contribution in [0.1, 0.15) is 51.3 Å². The van der Waals surface area contributed by atoms with Gasteiger partial charge in [0.25, 0.3) is 11.7 Å². The number of ether oxygens (including phenoxy) is 2. The summed E-state index contributed by atoms with van der Waals surface area (Å²) in [5.74, 6) is -0.172. The van der Waals surface area contributed by atoms with Crippen LogP contribution in [0.15, 0.2) is 54.1 Å². The van der Waals surface area contributed by atoms with E-state index in [9.17, 15) is 14.7 Å². The molecule has 2 aromatic carbocycles. The van der Waals surface area contributed by atoms with E-state index in [2.05, 4.69) is 18.7 Å². The predicted molar refractivity (Wildman–Crippen MR) is 137 cm³/mol. The summed E-state index contributed by atoms with van der Waals surface area (Å²) in [7, 11) is 0. The Morgan fingerprint density at radius 1 is 0.943 bits per heavy atom. The summed E-state index contributed by atoms with van der Waals surface area (Å²) in [5, 5.41) is 11.3. The van der Waals surface area contributed by atoms with Crippen molar-refractivity contribution in [2.24, 2.45) is 0 Å². The number of amides is 1. The topological polar surface area (TPSA) is 79.3 Å². The third-order valence-corrected chi connectivity index (χ3v) is 6.23. The first-order valence-electron chi connectivity index (χ1n) is 12.4. The zero-order valence-corrected chi connectivity index (χ0v) is 21.1. The second-order valence-electron chi connectivity index (χ2n) is 8.34. The van der Waals surface area contributed by atoms with Crippen molar-refractivity contribution >= 4 is 17.4 Å². The normalized spacial score (nSPS) is 17.3. The number of nitrogens with zero attached hydrogens (tertiary/aromatic N) is 2. The van der Waals surface area contributed by atoms with Gasteiger partial charge in [-0.15, -0.1) is 0 Å². The molecular formula is C28H36N2O5. The molecule has 1 N–H and O–H groups in total. The van der Waals surface area contributed by atoms with E-state index in [1.165, 1.54) is 0 Å². The number of ketones is 1.